The number of hydrogen-bond donors (Lipinski definition) is 1. The average Bonchev–Trinajstić information content (AvgIpc) is 2.14. The molecule has 0 bridgehead atoms. The van der Waals surface area contributed by atoms with Crippen LogP contribution in [0.5, 0.6) is 5.75 Å². The van der Waals surface area contributed by atoms with Crippen molar-refractivity contribution in [2.24, 2.45) is 0 Å². The standard InChI is InChI=1S/C7H7ClF2N2O3S/c1-15-5-3(6(9)10)2-4(12-7(5)11)16(8,13)14/h2,6H,1H3,(H2,11,12). The summed E-state index contributed by atoms with van der Waals surface area (Å²) in [6, 6.07) is 0.627. The van der Waals surface area contributed by atoms with Gasteiger partial charge in [-0.15, -0.1) is 0 Å². The lowest BCUT2D eigenvalue weighted by atomic mass is 10.2. The van der Waals surface area contributed by atoms with Crippen LogP contribution in [0.15, 0.2) is 11.1 Å². The minimum absolute atomic E-state index is 0.362. The highest BCUT2D eigenvalue weighted by molar-refractivity contribution is 8.13. The van der Waals surface area contributed by atoms with Crippen LogP contribution in [0.3, 0.4) is 0 Å². The Morgan fingerprint density at radius 3 is 2.50 bits per heavy atom. The summed E-state index contributed by atoms with van der Waals surface area (Å²) < 4.78 is 51.6. The van der Waals surface area contributed by atoms with Crippen molar-refractivity contribution in [2.75, 3.05) is 12.8 Å². The van der Waals surface area contributed by atoms with Crippen molar-refractivity contribution in [3.8, 4) is 5.75 Å². The number of nitrogens with zero attached hydrogens (tertiary/aromatic N) is 1. The normalized spacial score (nSPS) is 11.8. The number of hydrogen-bond acceptors (Lipinski definition) is 5. The number of aromatic nitrogens is 1. The van der Waals surface area contributed by atoms with E-state index in [4.69, 9.17) is 16.4 Å². The molecule has 5 nitrogen and oxygen atoms in total. The predicted molar refractivity (Wildman–Crippen MR) is 53.2 cm³/mol. The molecule has 16 heavy (non-hydrogen) atoms. The minimum Gasteiger partial charge on any atom is -0.492 e. The number of anilines is 1. The lowest BCUT2D eigenvalue weighted by Crippen LogP contribution is -2.05. The van der Waals surface area contributed by atoms with Crippen molar-refractivity contribution in [3.63, 3.8) is 0 Å². The van der Waals surface area contributed by atoms with E-state index in [1.54, 1.807) is 0 Å². The van der Waals surface area contributed by atoms with Gasteiger partial charge in [-0.3, -0.25) is 0 Å². The molecule has 0 radical (unpaired) electrons. The molecule has 0 fully saturated rings. The zero-order valence-electron chi connectivity index (χ0n) is 7.95. The van der Waals surface area contributed by atoms with Gasteiger partial charge in [-0.25, -0.2) is 22.2 Å². The molecule has 0 amide bonds. The Labute approximate surface area is 94.6 Å². The maximum Gasteiger partial charge on any atom is 0.278 e. The van der Waals surface area contributed by atoms with Crippen LogP contribution in [0, 0.1) is 0 Å². The van der Waals surface area contributed by atoms with Gasteiger partial charge in [0.2, 0.25) is 0 Å². The Hall–Kier alpha value is -1.15. The largest absolute Gasteiger partial charge is 0.492 e. The Kier molecular flexibility index (Phi) is 3.54. The van der Waals surface area contributed by atoms with Crippen LogP contribution in [-0.2, 0) is 9.05 Å². The fraction of sp³-hybridized carbons (Fsp3) is 0.286. The molecule has 2 N–H and O–H groups in total. The Morgan fingerprint density at radius 1 is 1.56 bits per heavy atom. The highest BCUT2D eigenvalue weighted by Gasteiger charge is 2.23. The first-order chi connectivity index (χ1) is 7.27. The van der Waals surface area contributed by atoms with E-state index in [9.17, 15) is 17.2 Å². The second-order valence-electron chi connectivity index (χ2n) is 2.71. The van der Waals surface area contributed by atoms with Crippen molar-refractivity contribution < 1.29 is 21.9 Å². The third-order valence-electron chi connectivity index (χ3n) is 1.69. The SMILES string of the molecule is COc1c(C(F)F)cc(S(=O)(=O)Cl)nc1N. The second kappa shape index (κ2) is 4.38. The van der Waals surface area contributed by atoms with Gasteiger partial charge in [0.05, 0.1) is 12.7 Å². The van der Waals surface area contributed by atoms with Crippen LogP contribution in [0.1, 0.15) is 12.0 Å². The van der Waals surface area contributed by atoms with Gasteiger partial charge >= 0.3 is 0 Å². The summed E-state index contributed by atoms with van der Waals surface area (Å²) in [4.78, 5) is 3.36. The molecule has 0 saturated heterocycles. The molecule has 0 atom stereocenters. The van der Waals surface area contributed by atoms with Gasteiger partial charge in [-0.05, 0) is 6.07 Å². The quantitative estimate of drug-likeness (QED) is 0.844. The van der Waals surface area contributed by atoms with E-state index in [1.807, 2.05) is 0 Å². The highest BCUT2D eigenvalue weighted by atomic mass is 35.7. The Balaban J connectivity index is 3.52. The molecule has 1 aromatic rings. The van der Waals surface area contributed by atoms with Crippen LogP contribution in [0.4, 0.5) is 14.6 Å². The summed E-state index contributed by atoms with van der Waals surface area (Å²) in [7, 11) is 1.88. The number of nitrogens with two attached hydrogens (primary N) is 1. The molecule has 0 spiro atoms. The predicted octanol–water partition coefficient (Wildman–Crippen LogP) is 1.54. The first-order valence-electron chi connectivity index (χ1n) is 3.84. The molecule has 1 heterocycles. The number of alkyl halides is 2. The van der Waals surface area contributed by atoms with Crippen LogP contribution in [0.25, 0.3) is 0 Å². The van der Waals surface area contributed by atoms with Crippen LogP contribution in [-0.4, -0.2) is 20.5 Å². The fourth-order valence-electron chi connectivity index (χ4n) is 1.06. The third kappa shape index (κ3) is 2.50. The van der Waals surface area contributed by atoms with Crippen molar-refractivity contribution in [1.82, 2.24) is 4.98 Å². The van der Waals surface area contributed by atoms with Gasteiger partial charge in [0.15, 0.2) is 16.6 Å². The average molecular weight is 273 g/mol. The number of halogens is 3. The zero-order valence-corrected chi connectivity index (χ0v) is 9.52. The molecular formula is C7H7ClF2N2O3S. The summed E-state index contributed by atoms with van der Waals surface area (Å²) in [5, 5.41) is -0.734. The van der Waals surface area contributed by atoms with Crippen molar-refractivity contribution in [1.29, 1.82) is 0 Å². The first-order valence-corrected chi connectivity index (χ1v) is 6.15. The molecule has 1 aromatic heterocycles. The zero-order chi connectivity index (χ0) is 12.5. The van der Waals surface area contributed by atoms with Crippen LogP contribution >= 0.6 is 10.7 Å². The maximum absolute atomic E-state index is 12.6. The summed E-state index contributed by atoms with van der Waals surface area (Å²) >= 11 is 0. The molecule has 0 aliphatic rings. The van der Waals surface area contributed by atoms with E-state index < -0.39 is 31.9 Å². The van der Waals surface area contributed by atoms with Gasteiger partial charge < -0.3 is 10.5 Å². The molecule has 90 valence electrons. The van der Waals surface area contributed by atoms with Gasteiger partial charge in [0.1, 0.15) is 0 Å². The molecule has 0 saturated carbocycles. The lowest BCUT2D eigenvalue weighted by molar-refractivity contribution is 0.146. The Morgan fingerprint density at radius 2 is 2.12 bits per heavy atom. The number of rotatable bonds is 3. The number of ether oxygens (including phenoxy) is 1. The molecule has 0 aliphatic carbocycles. The van der Waals surface area contributed by atoms with Gasteiger partial charge in [-0.1, -0.05) is 0 Å². The van der Waals surface area contributed by atoms with Crippen LogP contribution in [0.2, 0.25) is 0 Å². The van der Waals surface area contributed by atoms with E-state index in [0.29, 0.717) is 6.07 Å². The molecular weight excluding hydrogens is 266 g/mol. The summed E-state index contributed by atoms with van der Waals surface area (Å²) in [6.07, 6.45) is -2.95. The second-order valence-corrected chi connectivity index (χ2v) is 5.22. The summed E-state index contributed by atoms with van der Waals surface area (Å²) in [6.45, 7) is 0. The highest BCUT2D eigenvalue weighted by Crippen LogP contribution is 2.34. The van der Waals surface area contributed by atoms with Gasteiger partial charge in [0, 0.05) is 10.7 Å². The van der Waals surface area contributed by atoms with Gasteiger partial charge in [-0.2, -0.15) is 0 Å². The third-order valence-corrected chi connectivity index (χ3v) is 2.88. The maximum atomic E-state index is 12.6. The first kappa shape index (κ1) is 12.9. The molecule has 0 aromatic carbocycles. The smallest absolute Gasteiger partial charge is 0.278 e. The van der Waals surface area contributed by atoms with E-state index in [-0.39, 0.29) is 5.75 Å². The number of nitrogen functional groups attached to an aromatic ring is 1. The Bertz CT molecular complexity index is 507. The van der Waals surface area contributed by atoms with E-state index >= 15 is 0 Å². The van der Waals surface area contributed by atoms with Crippen molar-refractivity contribution in [2.45, 2.75) is 11.5 Å². The fourth-order valence-corrected chi connectivity index (χ4v) is 1.77. The van der Waals surface area contributed by atoms with Gasteiger partial charge in [0.25, 0.3) is 15.5 Å². The minimum atomic E-state index is -4.21. The van der Waals surface area contributed by atoms with E-state index in [1.165, 1.54) is 0 Å². The number of methoxy groups -OCH3 is 1. The molecule has 0 aliphatic heterocycles. The topological polar surface area (TPSA) is 82.3 Å². The molecule has 9 heteroatoms. The summed E-state index contributed by atoms with van der Waals surface area (Å²) in [5.41, 5.74) is 4.60. The summed E-state index contributed by atoms with van der Waals surface area (Å²) in [5.74, 6) is -0.821. The van der Waals surface area contributed by atoms with E-state index in [0.717, 1.165) is 7.11 Å². The van der Waals surface area contributed by atoms with Crippen molar-refractivity contribution >= 4 is 25.6 Å². The monoisotopic (exact) mass is 272 g/mol. The lowest BCUT2D eigenvalue weighted by Gasteiger charge is -2.10. The number of pyridine rings is 1. The molecule has 1 rings (SSSR count). The van der Waals surface area contributed by atoms with E-state index in [2.05, 4.69) is 9.72 Å². The molecule has 0 unspecified atom stereocenters. The van der Waals surface area contributed by atoms with Crippen molar-refractivity contribution in [3.05, 3.63) is 11.6 Å². The van der Waals surface area contributed by atoms with Crippen LogP contribution < -0.4 is 10.5 Å².